The third-order valence-electron chi connectivity index (χ3n) is 5.08. The first-order valence-electron chi connectivity index (χ1n) is 8.97. The second-order valence-corrected chi connectivity index (χ2v) is 6.90. The molecular formula is C17H25N5O2. The molecule has 2 aliphatic heterocycles. The molecule has 0 amide bonds. The molecule has 0 aliphatic carbocycles. The van der Waals surface area contributed by atoms with Crippen LogP contribution in [0.5, 0.6) is 0 Å². The summed E-state index contributed by atoms with van der Waals surface area (Å²) in [6.45, 7) is 5.84. The molecule has 0 atom stereocenters. The van der Waals surface area contributed by atoms with E-state index in [1.54, 1.807) is 0 Å². The number of rotatable bonds is 4. The normalized spacial score (nSPS) is 20.5. The van der Waals surface area contributed by atoms with Crippen LogP contribution in [-0.2, 0) is 11.2 Å². The van der Waals surface area contributed by atoms with Gasteiger partial charge in [0, 0.05) is 31.4 Å². The highest BCUT2D eigenvalue weighted by Gasteiger charge is 2.22. The number of nitrogens with one attached hydrogen (secondary N) is 1. The summed E-state index contributed by atoms with van der Waals surface area (Å²) in [7, 11) is 0. The van der Waals surface area contributed by atoms with Gasteiger partial charge in [-0.25, -0.2) is 0 Å². The van der Waals surface area contributed by atoms with E-state index >= 15 is 0 Å². The first-order valence-corrected chi connectivity index (χ1v) is 8.97. The predicted octanol–water partition coefficient (Wildman–Crippen LogP) is 2.14. The lowest BCUT2D eigenvalue weighted by atomic mass is 9.94. The van der Waals surface area contributed by atoms with E-state index in [4.69, 9.17) is 14.4 Å². The largest absolute Gasteiger partial charge is 0.381 e. The summed E-state index contributed by atoms with van der Waals surface area (Å²) in [4.78, 5) is 4.60. The summed E-state index contributed by atoms with van der Waals surface area (Å²) < 4.78 is 13.0. The van der Waals surface area contributed by atoms with E-state index in [1.807, 2.05) is 4.68 Å². The van der Waals surface area contributed by atoms with Crippen molar-refractivity contribution < 1.29 is 9.26 Å². The van der Waals surface area contributed by atoms with Gasteiger partial charge in [0.15, 0.2) is 11.5 Å². The van der Waals surface area contributed by atoms with Gasteiger partial charge in [0.2, 0.25) is 0 Å². The van der Waals surface area contributed by atoms with Crippen molar-refractivity contribution in [2.75, 3.05) is 26.3 Å². The van der Waals surface area contributed by atoms with E-state index in [9.17, 15) is 0 Å². The SMILES string of the molecule is Cc1cn(C2CCOCC2)nc1-c1nc(CC2CCNCC2)no1. The molecule has 130 valence electrons. The molecule has 0 bridgehead atoms. The molecule has 0 unspecified atom stereocenters. The van der Waals surface area contributed by atoms with Crippen LogP contribution in [0, 0.1) is 12.8 Å². The summed E-state index contributed by atoms with van der Waals surface area (Å²) in [6, 6.07) is 0.406. The zero-order valence-corrected chi connectivity index (χ0v) is 14.2. The lowest BCUT2D eigenvalue weighted by Gasteiger charge is -2.22. The van der Waals surface area contributed by atoms with E-state index in [0.717, 1.165) is 62.6 Å². The topological polar surface area (TPSA) is 78.0 Å². The van der Waals surface area contributed by atoms with Gasteiger partial charge < -0.3 is 14.6 Å². The molecule has 7 nitrogen and oxygen atoms in total. The Morgan fingerprint density at radius 1 is 1.21 bits per heavy atom. The Morgan fingerprint density at radius 3 is 2.79 bits per heavy atom. The van der Waals surface area contributed by atoms with Gasteiger partial charge in [0.1, 0.15) is 0 Å². The van der Waals surface area contributed by atoms with Crippen molar-refractivity contribution in [3.63, 3.8) is 0 Å². The molecule has 0 spiro atoms. The minimum absolute atomic E-state index is 0.406. The van der Waals surface area contributed by atoms with Crippen LogP contribution in [-0.4, -0.2) is 46.2 Å². The Balaban J connectivity index is 1.48. The average Bonchev–Trinajstić information content (AvgIpc) is 3.23. The maximum Gasteiger partial charge on any atom is 0.278 e. The van der Waals surface area contributed by atoms with E-state index in [1.165, 1.54) is 12.8 Å². The summed E-state index contributed by atoms with van der Waals surface area (Å²) >= 11 is 0. The smallest absolute Gasteiger partial charge is 0.278 e. The minimum atomic E-state index is 0.406. The monoisotopic (exact) mass is 331 g/mol. The second-order valence-electron chi connectivity index (χ2n) is 6.90. The van der Waals surface area contributed by atoms with Gasteiger partial charge in [-0.3, -0.25) is 4.68 Å². The Kier molecular flexibility index (Phi) is 4.62. The molecule has 2 fully saturated rings. The molecule has 2 aromatic heterocycles. The molecule has 0 saturated carbocycles. The molecule has 4 heterocycles. The third kappa shape index (κ3) is 3.37. The summed E-state index contributed by atoms with van der Waals surface area (Å²) in [5, 5.41) is 12.3. The fourth-order valence-electron chi connectivity index (χ4n) is 3.61. The number of ether oxygens (including phenoxy) is 1. The third-order valence-corrected chi connectivity index (χ3v) is 5.08. The van der Waals surface area contributed by atoms with Crippen LogP contribution in [0.25, 0.3) is 11.6 Å². The van der Waals surface area contributed by atoms with Crippen molar-refractivity contribution in [1.82, 2.24) is 25.2 Å². The number of piperidine rings is 1. The Hall–Kier alpha value is -1.73. The van der Waals surface area contributed by atoms with Crippen molar-refractivity contribution in [3.8, 4) is 11.6 Å². The first-order chi connectivity index (χ1) is 11.8. The van der Waals surface area contributed by atoms with Crippen LogP contribution in [0.3, 0.4) is 0 Å². The molecule has 0 radical (unpaired) electrons. The highest BCUT2D eigenvalue weighted by molar-refractivity contribution is 5.51. The molecule has 2 saturated heterocycles. The molecular weight excluding hydrogens is 306 g/mol. The average molecular weight is 331 g/mol. The van der Waals surface area contributed by atoms with E-state index in [-0.39, 0.29) is 0 Å². The van der Waals surface area contributed by atoms with Crippen LogP contribution in [0.2, 0.25) is 0 Å². The highest BCUT2D eigenvalue weighted by Crippen LogP contribution is 2.26. The summed E-state index contributed by atoms with van der Waals surface area (Å²) in [6.07, 6.45) is 7.35. The van der Waals surface area contributed by atoms with E-state index < -0.39 is 0 Å². The van der Waals surface area contributed by atoms with Crippen molar-refractivity contribution in [1.29, 1.82) is 0 Å². The maximum atomic E-state index is 5.50. The Labute approximate surface area is 141 Å². The fraction of sp³-hybridized carbons (Fsp3) is 0.706. The quantitative estimate of drug-likeness (QED) is 0.925. The zero-order valence-electron chi connectivity index (χ0n) is 14.2. The van der Waals surface area contributed by atoms with Crippen LogP contribution in [0.4, 0.5) is 0 Å². The Morgan fingerprint density at radius 2 is 2.00 bits per heavy atom. The zero-order chi connectivity index (χ0) is 16.4. The number of hydrogen-bond donors (Lipinski definition) is 1. The summed E-state index contributed by atoms with van der Waals surface area (Å²) in [5.74, 6) is 2.00. The van der Waals surface area contributed by atoms with E-state index in [2.05, 4.69) is 28.6 Å². The number of aryl methyl sites for hydroxylation is 1. The number of aromatic nitrogens is 4. The van der Waals surface area contributed by atoms with Gasteiger partial charge >= 0.3 is 0 Å². The summed E-state index contributed by atoms with van der Waals surface area (Å²) in [5.41, 5.74) is 1.89. The lowest BCUT2D eigenvalue weighted by Crippen LogP contribution is -2.28. The van der Waals surface area contributed by atoms with Crippen LogP contribution in [0.1, 0.15) is 43.1 Å². The van der Waals surface area contributed by atoms with Crippen LogP contribution in [0.15, 0.2) is 10.7 Å². The van der Waals surface area contributed by atoms with Crippen molar-refractivity contribution >= 4 is 0 Å². The molecule has 1 N–H and O–H groups in total. The molecule has 0 aromatic carbocycles. The standard InChI is InChI=1S/C17H25N5O2/c1-12-11-22(14-4-8-23-9-5-14)20-16(12)17-19-15(21-24-17)10-13-2-6-18-7-3-13/h11,13-14,18H,2-10H2,1H3. The van der Waals surface area contributed by atoms with Gasteiger partial charge in [0.25, 0.3) is 5.89 Å². The second kappa shape index (κ2) is 7.03. The number of hydrogen-bond acceptors (Lipinski definition) is 6. The van der Waals surface area contributed by atoms with Crippen molar-refractivity contribution in [2.24, 2.45) is 5.92 Å². The van der Waals surface area contributed by atoms with Gasteiger partial charge in [-0.1, -0.05) is 5.16 Å². The molecule has 7 heteroatoms. The molecule has 2 aromatic rings. The van der Waals surface area contributed by atoms with Crippen LogP contribution < -0.4 is 5.32 Å². The van der Waals surface area contributed by atoms with Crippen molar-refractivity contribution in [2.45, 2.75) is 45.1 Å². The Bertz CT molecular complexity index is 668. The highest BCUT2D eigenvalue weighted by atomic mass is 16.5. The molecule has 2 aliphatic rings. The molecule has 24 heavy (non-hydrogen) atoms. The first kappa shape index (κ1) is 15.8. The van der Waals surface area contributed by atoms with Crippen molar-refractivity contribution in [3.05, 3.63) is 17.6 Å². The maximum absolute atomic E-state index is 5.50. The lowest BCUT2D eigenvalue weighted by molar-refractivity contribution is 0.0663. The van der Waals surface area contributed by atoms with Gasteiger partial charge in [0.05, 0.1) is 6.04 Å². The molecule has 4 rings (SSSR count). The fourth-order valence-corrected chi connectivity index (χ4v) is 3.61. The van der Waals surface area contributed by atoms with E-state index in [0.29, 0.717) is 17.9 Å². The van der Waals surface area contributed by atoms with Gasteiger partial charge in [-0.05, 0) is 51.6 Å². The minimum Gasteiger partial charge on any atom is -0.381 e. The van der Waals surface area contributed by atoms with Gasteiger partial charge in [-0.2, -0.15) is 10.1 Å². The van der Waals surface area contributed by atoms with Gasteiger partial charge in [-0.15, -0.1) is 0 Å². The number of nitrogens with zero attached hydrogens (tertiary/aromatic N) is 4. The predicted molar refractivity (Wildman–Crippen MR) is 88.6 cm³/mol. The van der Waals surface area contributed by atoms with Crippen LogP contribution >= 0.6 is 0 Å².